The molecule has 0 aliphatic rings. The second kappa shape index (κ2) is 6.72. The maximum atomic E-state index is 13.3. The Morgan fingerprint density at radius 3 is 2.53 bits per heavy atom. The number of rotatable bonds is 6. The molecule has 1 aromatic rings. The molecule has 0 fully saturated rings. The van der Waals surface area contributed by atoms with Gasteiger partial charge < -0.3 is 5.73 Å². The SMILES string of the molecule is CCC(C)N(CC)Cc1cc(F)ccc1CN. The second-order valence-corrected chi connectivity index (χ2v) is 4.44. The van der Waals surface area contributed by atoms with E-state index in [0.717, 1.165) is 30.6 Å². The third kappa shape index (κ3) is 3.79. The first-order valence-corrected chi connectivity index (χ1v) is 6.33. The van der Waals surface area contributed by atoms with Crippen LogP contribution < -0.4 is 5.73 Å². The molecule has 0 amide bonds. The maximum absolute atomic E-state index is 13.3. The van der Waals surface area contributed by atoms with Gasteiger partial charge in [-0.3, -0.25) is 4.90 Å². The number of benzene rings is 1. The van der Waals surface area contributed by atoms with Crippen molar-refractivity contribution >= 4 is 0 Å². The molecule has 1 atom stereocenters. The maximum Gasteiger partial charge on any atom is 0.123 e. The molecule has 2 nitrogen and oxygen atoms in total. The number of nitrogens with zero attached hydrogens (tertiary/aromatic N) is 1. The Balaban J connectivity index is 2.88. The van der Waals surface area contributed by atoms with Crippen molar-refractivity contribution in [3.8, 4) is 0 Å². The largest absolute Gasteiger partial charge is 0.326 e. The molecule has 0 aliphatic heterocycles. The summed E-state index contributed by atoms with van der Waals surface area (Å²) in [5, 5.41) is 0. The summed E-state index contributed by atoms with van der Waals surface area (Å²) in [5.41, 5.74) is 7.73. The second-order valence-electron chi connectivity index (χ2n) is 4.44. The Kier molecular flexibility index (Phi) is 5.59. The van der Waals surface area contributed by atoms with Gasteiger partial charge in [0.2, 0.25) is 0 Å². The lowest BCUT2D eigenvalue weighted by Crippen LogP contribution is -2.32. The van der Waals surface area contributed by atoms with E-state index in [2.05, 4.69) is 25.7 Å². The van der Waals surface area contributed by atoms with Crippen LogP contribution in [0.3, 0.4) is 0 Å². The molecule has 0 aromatic heterocycles. The van der Waals surface area contributed by atoms with E-state index in [1.165, 1.54) is 6.07 Å². The Hall–Kier alpha value is -0.930. The molecular formula is C14H23FN2. The predicted molar refractivity (Wildman–Crippen MR) is 70.1 cm³/mol. The van der Waals surface area contributed by atoms with Crippen molar-refractivity contribution in [3.63, 3.8) is 0 Å². The van der Waals surface area contributed by atoms with E-state index in [1.807, 2.05) is 0 Å². The molecule has 0 aliphatic carbocycles. The van der Waals surface area contributed by atoms with Crippen molar-refractivity contribution in [2.75, 3.05) is 6.54 Å². The summed E-state index contributed by atoms with van der Waals surface area (Å²) in [5.74, 6) is -0.183. The van der Waals surface area contributed by atoms with Crippen molar-refractivity contribution in [2.24, 2.45) is 5.73 Å². The molecule has 0 bridgehead atoms. The summed E-state index contributed by atoms with van der Waals surface area (Å²) < 4.78 is 13.3. The van der Waals surface area contributed by atoms with Gasteiger partial charge in [0.15, 0.2) is 0 Å². The summed E-state index contributed by atoms with van der Waals surface area (Å²) in [6, 6.07) is 5.38. The lowest BCUT2D eigenvalue weighted by Gasteiger charge is -2.27. The van der Waals surface area contributed by atoms with Crippen LogP contribution in [0.15, 0.2) is 18.2 Å². The van der Waals surface area contributed by atoms with Crippen LogP contribution in [0.1, 0.15) is 38.3 Å². The van der Waals surface area contributed by atoms with Gasteiger partial charge in [-0.25, -0.2) is 4.39 Å². The quantitative estimate of drug-likeness (QED) is 0.825. The molecule has 2 N–H and O–H groups in total. The van der Waals surface area contributed by atoms with Crippen LogP contribution in [0.2, 0.25) is 0 Å². The fourth-order valence-electron chi connectivity index (χ4n) is 2.00. The molecule has 0 saturated heterocycles. The van der Waals surface area contributed by atoms with E-state index in [0.29, 0.717) is 12.6 Å². The number of hydrogen-bond donors (Lipinski definition) is 1. The molecule has 17 heavy (non-hydrogen) atoms. The molecular weight excluding hydrogens is 215 g/mol. The highest BCUT2D eigenvalue weighted by Crippen LogP contribution is 2.16. The molecule has 0 spiro atoms. The van der Waals surface area contributed by atoms with Crippen LogP contribution in [-0.2, 0) is 13.1 Å². The van der Waals surface area contributed by atoms with Gasteiger partial charge in [0, 0.05) is 19.1 Å². The van der Waals surface area contributed by atoms with Crippen LogP contribution >= 0.6 is 0 Å². The Morgan fingerprint density at radius 2 is 2.00 bits per heavy atom. The van der Waals surface area contributed by atoms with Crippen LogP contribution in [0.5, 0.6) is 0 Å². The minimum Gasteiger partial charge on any atom is -0.326 e. The van der Waals surface area contributed by atoms with Gasteiger partial charge in [-0.1, -0.05) is 19.9 Å². The fraction of sp³-hybridized carbons (Fsp3) is 0.571. The lowest BCUT2D eigenvalue weighted by molar-refractivity contribution is 0.205. The average molecular weight is 238 g/mol. The van der Waals surface area contributed by atoms with E-state index in [4.69, 9.17) is 5.73 Å². The predicted octanol–water partition coefficient (Wildman–Crippen LogP) is 2.90. The molecule has 96 valence electrons. The Labute approximate surface area is 104 Å². The molecule has 3 heteroatoms. The first-order chi connectivity index (χ1) is 8.12. The summed E-state index contributed by atoms with van der Waals surface area (Å²) in [4.78, 5) is 2.34. The van der Waals surface area contributed by atoms with E-state index < -0.39 is 0 Å². The van der Waals surface area contributed by atoms with Crippen LogP contribution in [0.4, 0.5) is 4.39 Å². The van der Waals surface area contributed by atoms with Gasteiger partial charge in [-0.2, -0.15) is 0 Å². The number of halogens is 1. The van der Waals surface area contributed by atoms with Gasteiger partial charge in [-0.15, -0.1) is 0 Å². The van der Waals surface area contributed by atoms with Gasteiger partial charge in [0.05, 0.1) is 0 Å². The average Bonchev–Trinajstić information content (AvgIpc) is 2.35. The van der Waals surface area contributed by atoms with E-state index in [1.54, 1.807) is 12.1 Å². The molecule has 1 aromatic carbocycles. The van der Waals surface area contributed by atoms with Gasteiger partial charge in [-0.05, 0) is 43.1 Å². The highest BCUT2D eigenvalue weighted by atomic mass is 19.1. The summed E-state index contributed by atoms with van der Waals surface area (Å²) in [6.45, 7) is 8.71. The molecule has 0 saturated carbocycles. The summed E-state index contributed by atoms with van der Waals surface area (Å²) in [6.07, 6.45) is 1.10. The summed E-state index contributed by atoms with van der Waals surface area (Å²) >= 11 is 0. The zero-order chi connectivity index (χ0) is 12.8. The van der Waals surface area contributed by atoms with Crippen molar-refractivity contribution in [1.29, 1.82) is 0 Å². The van der Waals surface area contributed by atoms with Crippen LogP contribution in [0.25, 0.3) is 0 Å². The monoisotopic (exact) mass is 238 g/mol. The highest BCUT2D eigenvalue weighted by Gasteiger charge is 2.12. The van der Waals surface area contributed by atoms with Crippen LogP contribution in [0, 0.1) is 5.82 Å². The smallest absolute Gasteiger partial charge is 0.123 e. The first-order valence-electron chi connectivity index (χ1n) is 6.33. The van der Waals surface area contributed by atoms with Crippen molar-refractivity contribution in [1.82, 2.24) is 4.90 Å². The van der Waals surface area contributed by atoms with Crippen molar-refractivity contribution in [2.45, 2.75) is 46.3 Å². The van der Waals surface area contributed by atoms with E-state index >= 15 is 0 Å². The Morgan fingerprint density at radius 1 is 1.29 bits per heavy atom. The zero-order valence-corrected chi connectivity index (χ0v) is 11.0. The van der Waals surface area contributed by atoms with Gasteiger partial charge in [0.25, 0.3) is 0 Å². The molecule has 0 heterocycles. The highest BCUT2D eigenvalue weighted by molar-refractivity contribution is 5.27. The minimum absolute atomic E-state index is 0.183. The zero-order valence-electron chi connectivity index (χ0n) is 11.0. The topological polar surface area (TPSA) is 29.3 Å². The van der Waals surface area contributed by atoms with Gasteiger partial charge in [0.1, 0.15) is 5.82 Å². The van der Waals surface area contributed by atoms with Crippen LogP contribution in [-0.4, -0.2) is 17.5 Å². The minimum atomic E-state index is -0.183. The van der Waals surface area contributed by atoms with E-state index in [9.17, 15) is 4.39 Å². The van der Waals surface area contributed by atoms with E-state index in [-0.39, 0.29) is 5.82 Å². The number of hydrogen-bond acceptors (Lipinski definition) is 2. The van der Waals surface area contributed by atoms with Crippen molar-refractivity contribution in [3.05, 3.63) is 35.1 Å². The summed E-state index contributed by atoms with van der Waals surface area (Å²) in [7, 11) is 0. The Bertz CT molecular complexity index is 352. The first kappa shape index (κ1) is 14.1. The molecule has 0 radical (unpaired) electrons. The third-order valence-corrected chi connectivity index (χ3v) is 3.38. The standard InChI is InChI=1S/C14H23FN2/c1-4-11(3)17(5-2)10-13-8-14(15)7-6-12(13)9-16/h6-8,11H,4-5,9-10,16H2,1-3H3. The number of nitrogens with two attached hydrogens (primary N) is 1. The normalized spacial score (nSPS) is 13.1. The molecule has 1 rings (SSSR count). The van der Waals surface area contributed by atoms with Gasteiger partial charge >= 0.3 is 0 Å². The lowest BCUT2D eigenvalue weighted by atomic mass is 10.1. The third-order valence-electron chi connectivity index (χ3n) is 3.38. The van der Waals surface area contributed by atoms with Crippen molar-refractivity contribution < 1.29 is 4.39 Å². The molecule has 1 unspecified atom stereocenters. The fourth-order valence-corrected chi connectivity index (χ4v) is 2.00.